The molecule has 2 rings (SSSR count). The Hall–Kier alpha value is -1.32. The van der Waals surface area contributed by atoms with Gasteiger partial charge in [0.15, 0.2) is 0 Å². The molecule has 1 heterocycles. The number of halogens is 1. The highest BCUT2D eigenvalue weighted by atomic mass is 35.5. The highest BCUT2D eigenvalue weighted by Gasteiger charge is 2.22. The Labute approximate surface area is 122 Å². The highest BCUT2D eigenvalue weighted by molar-refractivity contribution is 7.10. The molecule has 1 amide bonds. The van der Waals surface area contributed by atoms with E-state index in [1.165, 1.54) is 0 Å². The summed E-state index contributed by atoms with van der Waals surface area (Å²) in [5.41, 5.74) is 0.635. The fourth-order valence-corrected chi connectivity index (χ4v) is 2.73. The molecule has 0 fully saturated rings. The second-order valence-corrected chi connectivity index (χ2v) is 6.40. The average molecular weight is 294 g/mol. The number of rotatable bonds is 4. The fourth-order valence-electron chi connectivity index (χ4n) is 1.90. The standard InChI is InChI=1S/C15H16ClNOS/c1-15(2,11-5-7-12(16)8-6-11)17-14(18)10-13-4-3-9-19-13/h3-9H,10H2,1-2H3,(H,17,18). The minimum absolute atomic E-state index is 0.0300. The monoisotopic (exact) mass is 293 g/mol. The van der Waals surface area contributed by atoms with Gasteiger partial charge in [0.25, 0.3) is 0 Å². The normalized spacial score (nSPS) is 11.3. The maximum Gasteiger partial charge on any atom is 0.225 e. The third kappa shape index (κ3) is 3.82. The molecule has 19 heavy (non-hydrogen) atoms. The first-order valence-corrected chi connectivity index (χ1v) is 7.32. The lowest BCUT2D eigenvalue weighted by Crippen LogP contribution is -2.41. The van der Waals surface area contributed by atoms with Crippen molar-refractivity contribution in [2.24, 2.45) is 0 Å². The molecule has 0 aliphatic rings. The van der Waals surface area contributed by atoms with Gasteiger partial charge < -0.3 is 5.32 Å². The summed E-state index contributed by atoms with van der Waals surface area (Å²) in [6, 6.07) is 11.5. The van der Waals surface area contributed by atoms with Crippen molar-refractivity contribution in [3.05, 3.63) is 57.2 Å². The maximum atomic E-state index is 12.0. The van der Waals surface area contributed by atoms with Crippen LogP contribution in [0.3, 0.4) is 0 Å². The number of amides is 1. The molecule has 1 aromatic heterocycles. The smallest absolute Gasteiger partial charge is 0.225 e. The molecule has 100 valence electrons. The van der Waals surface area contributed by atoms with Crippen molar-refractivity contribution in [1.82, 2.24) is 5.32 Å². The Morgan fingerprint density at radius 3 is 2.53 bits per heavy atom. The van der Waals surface area contributed by atoms with Gasteiger partial charge in [-0.2, -0.15) is 0 Å². The zero-order chi connectivity index (χ0) is 13.9. The number of nitrogens with one attached hydrogen (secondary N) is 1. The number of hydrogen-bond donors (Lipinski definition) is 1. The van der Waals surface area contributed by atoms with Crippen LogP contribution in [0.2, 0.25) is 5.02 Å². The van der Waals surface area contributed by atoms with E-state index in [4.69, 9.17) is 11.6 Å². The van der Waals surface area contributed by atoms with Crippen LogP contribution in [0.25, 0.3) is 0 Å². The molecule has 2 nitrogen and oxygen atoms in total. The number of thiophene rings is 1. The van der Waals surface area contributed by atoms with Gasteiger partial charge in [-0.25, -0.2) is 0 Å². The summed E-state index contributed by atoms with van der Waals surface area (Å²) >= 11 is 7.47. The minimum atomic E-state index is -0.404. The van der Waals surface area contributed by atoms with Crippen molar-refractivity contribution in [2.75, 3.05) is 0 Å². The number of carbonyl (C=O) groups is 1. The van der Waals surface area contributed by atoms with Crippen molar-refractivity contribution in [2.45, 2.75) is 25.8 Å². The fraction of sp³-hybridized carbons (Fsp3) is 0.267. The molecule has 2 aromatic rings. The Morgan fingerprint density at radius 1 is 1.26 bits per heavy atom. The lowest BCUT2D eigenvalue weighted by atomic mass is 9.94. The van der Waals surface area contributed by atoms with E-state index in [9.17, 15) is 4.79 Å². The van der Waals surface area contributed by atoms with Gasteiger partial charge in [0.1, 0.15) is 0 Å². The predicted molar refractivity (Wildman–Crippen MR) is 80.6 cm³/mol. The summed E-state index contributed by atoms with van der Waals surface area (Å²) in [6.07, 6.45) is 0.425. The second-order valence-electron chi connectivity index (χ2n) is 4.94. The van der Waals surface area contributed by atoms with Gasteiger partial charge in [0.2, 0.25) is 5.91 Å². The molecule has 0 saturated carbocycles. The van der Waals surface area contributed by atoms with Gasteiger partial charge in [-0.15, -0.1) is 11.3 Å². The van der Waals surface area contributed by atoms with Gasteiger partial charge in [-0.05, 0) is 43.0 Å². The van der Waals surface area contributed by atoms with Crippen LogP contribution in [0.5, 0.6) is 0 Å². The van der Waals surface area contributed by atoms with Crippen LogP contribution in [-0.4, -0.2) is 5.91 Å². The highest BCUT2D eigenvalue weighted by Crippen LogP contribution is 2.22. The molecule has 0 atom stereocenters. The maximum absolute atomic E-state index is 12.0. The van der Waals surface area contributed by atoms with E-state index in [2.05, 4.69) is 5.32 Å². The quantitative estimate of drug-likeness (QED) is 0.907. The molecule has 4 heteroatoms. The molecular formula is C15H16ClNOS. The first-order valence-electron chi connectivity index (χ1n) is 6.07. The molecule has 0 spiro atoms. The predicted octanol–water partition coefficient (Wildman–Crippen LogP) is 4.00. The van der Waals surface area contributed by atoms with Crippen molar-refractivity contribution in [1.29, 1.82) is 0 Å². The van der Waals surface area contributed by atoms with E-state index < -0.39 is 5.54 Å². The van der Waals surface area contributed by atoms with E-state index in [0.717, 1.165) is 10.4 Å². The number of carbonyl (C=O) groups excluding carboxylic acids is 1. The lowest BCUT2D eigenvalue weighted by Gasteiger charge is -2.27. The molecular weight excluding hydrogens is 278 g/mol. The van der Waals surface area contributed by atoms with E-state index in [-0.39, 0.29) is 5.91 Å². The van der Waals surface area contributed by atoms with Gasteiger partial charge in [-0.3, -0.25) is 4.79 Å². The molecule has 0 aliphatic heterocycles. The van der Waals surface area contributed by atoms with E-state index in [0.29, 0.717) is 11.4 Å². The van der Waals surface area contributed by atoms with E-state index >= 15 is 0 Å². The summed E-state index contributed by atoms with van der Waals surface area (Å²) in [6.45, 7) is 3.98. The third-order valence-electron chi connectivity index (χ3n) is 2.93. The zero-order valence-corrected chi connectivity index (χ0v) is 12.5. The van der Waals surface area contributed by atoms with Gasteiger partial charge in [0.05, 0.1) is 12.0 Å². The van der Waals surface area contributed by atoms with Crippen molar-refractivity contribution in [3.8, 4) is 0 Å². The largest absolute Gasteiger partial charge is 0.347 e. The molecule has 0 saturated heterocycles. The zero-order valence-electron chi connectivity index (χ0n) is 10.9. The van der Waals surface area contributed by atoms with Crippen molar-refractivity contribution < 1.29 is 4.79 Å². The topological polar surface area (TPSA) is 29.1 Å². The second kappa shape index (κ2) is 5.76. The Kier molecular flexibility index (Phi) is 4.27. The molecule has 0 radical (unpaired) electrons. The van der Waals surface area contributed by atoms with Crippen molar-refractivity contribution >= 4 is 28.8 Å². The van der Waals surface area contributed by atoms with E-state index in [1.54, 1.807) is 11.3 Å². The number of benzene rings is 1. The third-order valence-corrected chi connectivity index (χ3v) is 4.06. The van der Waals surface area contributed by atoms with Crippen LogP contribution in [0, 0.1) is 0 Å². The Bertz CT molecular complexity index is 546. The van der Waals surface area contributed by atoms with Gasteiger partial charge in [0, 0.05) is 9.90 Å². The SMILES string of the molecule is CC(C)(NC(=O)Cc1cccs1)c1ccc(Cl)cc1. The lowest BCUT2D eigenvalue weighted by molar-refractivity contribution is -0.122. The number of hydrogen-bond acceptors (Lipinski definition) is 2. The van der Waals surface area contributed by atoms with Crippen LogP contribution in [-0.2, 0) is 16.8 Å². The molecule has 1 N–H and O–H groups in total. The van der Waals surface area contributed by atoms with Crippen LogP contribution in [0.1, 0.15) is 24.3 Å². The van der Waals surface area contributed by atoms with Crippen LogP contribution >= 0.6 is 22.9 Å². The Morgan fingerprint density at radius 2 is 1.95 bits per heavy atom. The first-order chi connectivity index (χ1) is 8.97. The van der Waals surface area contributed by atoms with Crippen molar-refractivity contribution in [3.63, 3.8) is 0 Å². The molecule has 1 aromatic carbocycles. The first kappa shape index (κ1) is 14.1. The van der Waals surface area contributed by atoms with Gasteiger partial charge in [-0.1, -0.05) is 29.8 Å². The summed E-state index contributed by atoms with van der Waals surface area (Å²) in [7, 11) is 0. The summed E-state index contributed by atoms with van der Waals surface area (Å²) in [5, 5.41) is 5.73. The van der Waals surface area contributed by atoms with E-state index in [1.807, 2.05) is 55.6 Å². The minimum Gasteiger partial charge on any atom is -0.347 e. The Balaban J connectivity index is 2.04. The molecule has 0 bridgehead atoms. The van der Waals surface area contributed by atoms with Crippen LogP contribution in [0.15, 0.2) is 41.8 Å². The summed E-state index contributed by atoms with van der Waals surface area (Å²) in [5.74, 6) is 0.0300. The average Bonchev–Trinajstić information content (AvgIpc) is 2.81. The van der Waals surface area contributed by atoms with Crippen LogP contribution < -0.4 is 5.32 Å². The van der Waals surface area contributed by atoms with Crippen LogP contribution in [0.4, 0.5) is 0 Å². The summed E-state index contributed by atoms with van der Waals surface area (Å²) in [4.78, 5) is 13.1. The summed E-state index contributed by atoms with van der Waals surface area (Å²) < 4.78 is 0. The van der Waals surface area contributed by atoms with Gasteiger partial charge >= 0.3 is 0 Å². The molecule has 0 unspecified atom stereocenters. The molecule has 0 aliphatic carbocycles.